The van der Waals surface area contributed by atoms with Gasteiger partial charge in [0.05, 0.1) is 13.2 Å². The van der Waals surface area contributed by atoms with Crippen LogP contribution in [0.15, 0.2) is 48.5 Å². The van der Waals surface area contributed by atoms with Crippen molar-refractivity contribution in [2.75, 3.05) is 19.7 Å². The zero-order valence-corrected chi connectivity index (χ0v) is 16.6. The molecule has 3 rings (SSSR count). The number of benzene rings is 2. The number of amides is 1. The fourth-order valence-electron chi connectivity index (χ4n) is 3.57. The number of likely N-dealkylation sites (tertiary alicyclic amines) is 1. The Kier molecular flexibility index (Phi) is 7.42. The third kappa shape index (κ3) is 5.91. The Balaban J connectivity index is 1.51. The summed E-state index contributed by atoms with van der Waals surface area (Å²) >= 11 is 0. The molecule has 0 aliphatic carbocycles. The van der Waals surface area contributed by atoms with E-state index in [0.29, 0.717) is 19.0 Å². The van der Waals surface area contributed by atoms with Crippen molar-refractivity contribution in [2.45, 2.75) is 31.9 Å². The molecule has 4 N–H and O–H groups in total. The SMILES string of the molecule is N[C@H](CO)C(=O)N1CCC(Cc2ccc(C#Cc3ccc(CO)cc3)cc2)CC1. The van der Waals surface area contributed by atoms with Gasteiger partial charge in [-0.2, -0.15) is 0 Å². The number of hydrogen-bond donors (Lipinski definition) is 3. The van der Waals surface area contributed by atoms with Crippen LogP contribution in [0.3, 0.4) is 0 Å². The maximum Gasteiger partial charge on any atom is 0.241 e. The first kappa shape index (κ1) is 21.1. The topological polar surface area (TPSA) is 86.8 Å². The van der Waals surface area contributed by atoms with Crippen LogP contribution < -0.4 is 5.73 Å². The van der Waals surface area contributed by atoms with Crippen molar-refractivity contribution in [2.24, 2.45) is 11.7 Å². The average molecular weight is 392 g/mol. The van der Waals surface area contributed by atoms with E-state index in [1.165, 1.54) is 5.56 Å². The molecule has 0 spiro atoms. The number of carbonyl (C=O) groups is 1. The highest BCUT2D eigenvalue weighted by Crippen LogP contribution is 2.22. The first-order valence-electron chi connectivity index (χ1n) is 10.0. The quantitative estimate of drug-likeness (QED) is 0.676. The molecule has 1 amide bonds. The molecule has 2 aromatic carbocycles. The van der Waals surface area contributed by atoms with Crippen LogP contribution >= 0.6 is 0 Å². The molecule has 152 valence electrons. The molecule has 0 saturated carbocycles. The molecule has 0 unspecified atom stereocenters. The first-order valence-corrected chi connectivity index (χ1v) is 10.0. The third-order valence-electron chi connectivity index (χ3n) is 5.41. The molecule has 0 bridgehead atoms. The highest BCUT2D eigenvalue weighted by Gasteiger charge is 2.25. The molecule has 1 aliphatic heterocycles. The zero-order chi connectivity index (χ0) is 20.6. The smallest absolute Gasteiger partial charge is 0.241 e. The van der Waals surface area contributed by atoms with Crippen molar-refractivity contribution >= 4 is 5.91 Å². The number of aliphatic hydroxyl groups excluding tert-OH is 2. The Morgan fingerprint density at radius 2 is 1.48 bits per heavy atom. The van der Waals surface area contributed by atoms with Crippen LogP contribution in [0.4, 0.5) is 0 Å². The van der Waals surface area contributed by atoms with Crippen molar-refractivity contribution in [3.05, 3.63) is 70.8 Å². The number of nitrogens with two attached hydrogens (primary N) is 1. The Bertz CT molecular complexity index is 858. The predicted octanol–water partition coefficient (Wildman–Crippen LogP) is 1.68. The molecule has 5 heteroatoms. The van der Waals surface area contributed by atoms with Crippen molar-refractivity contribution < 1.29 is 15.0 Å². The van der Waals surface area contributed by atoms with Crippen molar-refractivity contribution in [3.63, 3.8) is 0 Å². The fourth-order valence-corrected chi connectivity index (χ4v) is 3.57. The van der Waals surface area contributed by atoms with E-state index in [1.807, 2.05) is 36.4 Å². The lowest BCUT2D eigenvalue weighted by Gasteiger charge is -2.33. The number of carbonyl (C=O) groups excluding carboxylic acids is 1. The summed E-state index contributed by atoms with van der Waals surface area (Å²) in [5.41, 5.74) is 9.69. The molecule has 0 aromatic heterocycles. The molecule has 1 atom stereocenters. The zero-order valence-electron chi connectivity index (χ0n) is 16.6. The maximum absolute atomic E-state index is 12.0. The largest absolute Gasteiger partial charge is 0.394 e. The summed E-state index contributed by atoms with van der Waals surface area (Å²) in [6.45, 7) is 1.15. The number of piperidine rings is 1. The minimum atomic E-state index is -0.798. The monoisotopic (exact) mass is 392 g/mol. The van der Waals surface area contributed by atoms with Crippen LogP contribution in [-0.2, 0) is 17.8 Å². The van der Waals surface area contributed by atoms with Crippen LogP contribution in [0.1, 0.15) is 35.1 Å². The van der Waals surface area contributed by atoms with Crippen LogP contribution in [0, 0.1) is 17.8 Å². The van der Waals surface area contributed by atoms with Gasteiger partial charge in [-0.05, 0) is 60.6 Å². The molecule has 2 aromatic rings. The Morgan fingerprint density at radius 1 is 0.966 bits per heavy atom. The molecule has 0 radical (unpaired) electrons. The molecule has 29 heavy (non-hydrogen) atoms. The number of hydrogen-bond acceptors (Lipinski definition) is 4. The van der Waals surface area contributed by atoms with E-state index in [0.717, 1.165) is 36.0 Å². The highest BCUT2D eigenvalue weighted by atomic mass is 16.3. The summed E-state index contributed by atoms with van der Waals surface area (Å²) in [5.74, 6) is 6.71. The van der Waals surface area contributed by atoms with Gasteiger partial charge in [-0.15, -0.1) is 0 Å². The maximum atomic E-state index is 12.0. The standard InChI is InChI=1S/C24H28N2O3/c25-23(17-28)24(29)26-13-11-21(12-14-26)15-20-7-3-18(4-8-20)1-2-19-5-9-22(16-27)10-6-19/h3-10,21,23,27-28H,11-17,25H2/t23-/m1/s1. The molecule has 1 fully saturated rings. The van der Waals surface area contributed by atoms with Gasteiger partial charge in [0.1, 0.15) is 6.04 Å². The van der Waals surface area contributed by atoms with Gasteiger partial charge >= 0.3 is 0 Å². The highest BCUT2D eigenvalue weighted by molar-refractivity contribution is 5.81. The van der Waals surface area contributed by atoms with E-state index in [4.69, 9.17) is 15.9 Å². The van der Waals surface area contributed by atoms with E-state index in [1.54, 1.807) is 4.90 Å². The van der Waals surface area contributed by atoms with Gasteiger partial charge in [-0.1, -0.05) is 36.1 Å². The van der Waals surface area contributed by atoms with E-state index in [2.05, 4.69) is 24.0 Å². The second-order valence-electron chi connectivity index (χ2n) is 7.56. The molecular weight excluding hydrogens is 364 g/mol. The lowest BCUT2D eigenvalue weighted by molar-refractivity contribution is -0.134. The second kappa shape index (κ2) is 10.2. The van der Waals surface area contributed by atoms with Crippen LogP contribution in [0.5, 0.6) is 0 Å². The third-order valence-corrected chi connectivity index (χ3v) is 5.41. The fraction of sp³-hybridized carbons (Fsp3) is 0.375. The van der Waals surface area contributed by atoms with E-state index in [-0.39, 0.29) is 19.1 Å². The van der Waals surface area contributed by atoms with Gasteiger partial charge in [-0.25, -0.2) is 0 Å². The van der Waals surface area contributed by atoms with E-state index < -0.39 is 6.04 Å². The minimum absolute atomic E-state index is 0.0424. The van der Waals surface area contributed by atoms with Crippen molar-refractivity contribution in [1.29, 1.82) is 0 Å². The van der Waals surface area contributed by atoms with Gasteiger partial charge in [0.2, 0.25) is 5.91 Å². The van der Waals surface area contributed by atoms with E-state index in [9.17, 15) is 4.79 Å². The Morgan fingerprint density at radius 3 is 1.97 bits per heavy atom. The predicted molar refractivity (Wildman–Crippen MR) is 113 cm³/mol. The van der Waals surface area contributed by atoms with Gasteiger partial charge in [-0.3, -0.25) is 4.79 Å². The number of rotatable bonds is 5. The minimum Gasteiger partial charge on any atom is -0.394 e. The molecule has 1 heterocycles. The Labute approximate surface area is 172 Å². The average Bonchev–Trinajstić information content (AvgIpc) is 2.78. The van der Waals surface area contributed by atoms with Crippen molar-refractivity contribution in [3.8, 4) is 11.8 Å². The summed E-state index contributed by atoms with van der Waals surface area (Å²) in [4.78, 5) is 13.8. The summed E-state index contributed by atoms with van der Waals surface area (Å²) in [7, 11) is 0. The van der Waals surface area contributed by atoms with Gasteiger partial charge in [0.25, 0.3) is 0 Å². The molecule has 1 aliphatic rings. The Hall–Kier alpha value is -2.65. The lowest BCUT2D eigenvalue weighted by atomic mass is 9.89. The second-order valence-corrected chi connectivity index (χ2v) is 7.56. The molecule has 1 saturated heterocycles. The van der Waals surface area contributed by atoms with Gasteiger partial charge < -0.3 is 20.8 Å². The summed E-state index contributed by atoms with van der Waals surface area (Å²) in [6.07, 6.45) is 2.90. The van der Waals surface area contributed by atoms with Crippen LogP contribution in [-0.4, -0.2) is 46.8 Å². The lowest BCUT2D eigenvalue weighted by Crippen LogP contribution is -2.48. The summed E-state index contributed by atoms with van der Waals surface area (Å²) < 4.78 is 0. The van der Waals surface area contributed by atoms with Crippen LogP contribution in [0.25, 0.3) is 0 Å². The number of nitrogens with zero attached hydrogens (tertiary/aromatic N) is 1. The summed E-state index contributed by atoms with van der Waals surface area (Å²) in [6, 6.07) is 15.1. The summed E-state index contributed by atoms with van der Waals surface area (Å²) in [5, 5.41) is 18.1. The molecular formula is C24H28N2O3. The number of aliphatic hydroxyl groups is 2. The van der Waals surface area contributed by atoms with Gasteiger partial charge in [0, 0.05) is 24.2 Å². The van der Waals surface area contributed by atoms with Gasteiger partial charge in [0.15, 0.2) is 0 Å². The van der Waals surface area contributed by atoms with E-state index >= 15 is 0 Å². The van der Waals surface area contributed by atoms with Crippen molar-refractivity contribution in [1.82, 2.24) is 4.90 Å². The van der Waals surface area contributed by atoms with Crippen LogP contribution in [0.2, 0.25) is 0 Å². The first-order chi connectivity index (χ1) is 14.1. The molecule has 5 nitrogen and oxygen atoms in total. The normalized spacial score (nSPS) is 15.5.